The van der Waals surface area contributed by atoms with Gasteiger partial charge in [-0.1, -0.05) is 6.92 Å². The molecule has 4 nitrogen and oxygen atoms in total. The predicted molar refractivity (Wildman–Crippen MR) is 70.5 cm³/mol. The number of alkyl halides is 1. The summed E-state index contributed by atoms with van der Waals surface area (Å²) in [4.78, 5) is 0. The summed E-state index contributed by atoms with van der Waals surface area (Å²) in [5.41, 5.74) is 2.36. The number of nitrogens with one attached hydrogen (secondary N) is 1. The summed E-state index contributed by atoms with van der Waals surface area (Å²) in [7, 11) is 1.66. The molecule has 1 aromatic rings. The number of hydrogen-bond acceptors (Lipinski definition) is 3. The second-order valence-corrected chi connectivity index (χ2v) is 4.60. The Bertz CT molecular complexity index is 328. The Morgan fingerprint density at radius 2 is 2.29 bits per heavy atom. The summed E-state index contributed by atoms with van der Waals surface area (Å²) in [5.74, 6) is 0. The van der Waals surface area contributed by atoms with Gasteiger partial charge in [0.25, 0.3) is 0 Å². The van der Waals surface area contributed by atoms with E-state index in [0.29, 0.717) is 6.61 Å². The van der Waals surface area contributed by atoms with Crippen LogP contribution in [0.25, 0.3) is 0 Å². The maximum atomic E-state index is 6.04. The average molecular weight is 260 g/mol. The van der Waals surface area contributed by atoms with Crippen LogP contribution in [0.5, 0.6) is 0 Å². The first-order valence-corrected chi connectivity index (χ1v) is 6.54. The zero-order valence-electron chi connectivity index (χ0n) is 10.9. The van der Waals surface area contributed by atoms with Gasteiger partial charge in [-0.2, -0.15) is 5.10 Å². The lowest BCUT2D eigenvalue weighted by Crippen LogP contribution is -2.26. The third-order valence-electron chi connectivity index (χ3n) is 2.60. The van der Waals surface area contributed by atoms with Crippen LogP contribution in [0.15, 0.2) is 6.07 Å². The van der Waals surface area contributed by atoms with Crippen molar-refractivity contribution in [1.82, 2.24) is 15.1 Å². The molecular weight excluding hydrogens is 238 g/mol. The maximum Gasteiger partial charge on any atom is 0.0694 e. The molecule has 0 aliphatic heterocycles. The second-order valence-electron chi connectivity index (χ2n) is 3.98. The fraction of sp³-hybridized carbons (Fsp3) is 0.750. The van der Waals surface area contributed by atoms with Gasteiger partial charge >= 0.3 is 0 Å². The van der Waals surface area contributed by atoms with Gasteiger partial charge in [-0.3, -0.25) is 4.68 Å². The minimum absolute atomic E-state index is 0.0173. The number of rotatable bonds is 8. The van der Waals surface area contributed by atoms with E-state index >= 15 is 0 Å². The number of aryl methyl sites for hydroxylation is 2. The SMILES string of the molecule is CCc1cc(CNCC(Cl)COC)n(CC)n1. The van der Waals surface area contributed by atoms with Crippen LogP contribution < -0.4 is 5.32 Å². The van der Waals surface area contributed by atoms with Crippen molar-refractivity contribution in [2.75, 3.05) is 20.3 Å². The normalized spacial score (nSPS) is 12.9. The molecule has 1 rings (SSSR count). The highest BCUT2D eigenvalue weighted by atomic mass is 35.5. The molecular formula is C12H22ClN3O. The lowest BCUT2D eigenvalue weighted by atomic mass is 10.3. The molecule has 5 heteroatoms. The lowest BCUT2D eigenvalue weighted by Gasteiger charge is -2.10. The van der Waals surface area contributed by atoms with E-state index in [4.69, 9.17) is 16.3 Å². The molecule has 0 aromatic carbocycles. The van der Waals surface area contributed by atoms with Gasteiger partial charge in [0.05, 0.1) is 23.4 Å². The molecule has 0 radical (unpaired) electrons. The number of halogens is 1. The first kappa shape index (κ1) is 14.5. The van der Waals surface area contributed by atoms with Gasteiger partial charge in [-0.15, -0.1) is 11.6 Å². The first-order chi connectivity index (χ1) is 8.21. The van der Waals surface area contributed by atoms with Crippen molar-refractivity contribution < 1.29 is 4.74 Å². The van der Waals surface area contributed by atoms with E-state index in [1.165, 1.54) is 5.69 Å². The van der Waals surface area contributed by atoms with Crippen molar-refractivity contribution in [1.29, 1.82) is 0 Å². The molecule has 0 bridgehead atoms. The molecule has 1 atom stereocenters. The molecule has 0 amide bonds. The molecule has 0 saturated heterocycles. The Morgan fingerprint density at radius 1 is 1.53 bits per heavy atom. The molecule has 0 aliphatic rings. The van der Waals surface area contributed by atoms with E-state index in [2.05, 4.69) is 30.3 Å². The molecule has 98 valence electrons. The van der Waals surface area contributed by atoms with E-state index in [1.54, 1.807) is 7.11 Å². The van der Waals surface area contributed by atoms with Crippen LogP contribution in [0.4, 0.5) is 0 Å². The van der Waals surface area contributed by atoms with Crippen molar-refractivity contribution in [2.45, 2.75) is 38.7 Å². The van der Waals surface area contributed by atoms with E-state index in [1.807, 2.05) is 4.68 Å². The summed E-state index contributed by atoms with van der Waals surface area (Å²) in [5, 5.41) is 7.84. The summed E-state index contributed by atoms with van der Waals surface area (Å²) >= 11 is 6.04. The van der Waals surface area contributed by atoms with Crippen LogP contribution in [0, 0.1) is 0 Å². The van der Waals surface area contributed by atoms with Gasteiger partial charge in [0.15, 0.2) is 0 Å². The molecule has 0 saturated carbocycles. The van der Waals surface area contributed by atoms with Gasteiger partial charge in [0, 0.05) is 26.7 Å². The Balaban J connectivity index is 2.42. The van der Waals surface area contributed by atoms with Crippen molar-refractivity contribution in [3.8, 4) is 0 Å². The fourth-order valence-corrected chi connectivity index (χ4v) is 1.94. The number of aromatic nitrogens is 2. The van der Waals surface area contributed by atoms with Crippen molar-refractivity contribution in [2.24, 2.45) is 0 Å². The minimum atomic E-state index is 0.0173. The number of nitrogens with zero attached hydrogens (tertiary/aromatic N) is 2. The molecule has 1 heterocycles. The number of hydrogen-bond donors (Lipinski definition) is 1. The van der Waals surface area contributed by atoms with Crippen LogP contribution in [-0.4, -0.2) is 35.4 Å². The summed E-state index contributed by atoms with van der Waals surface area (Å²) in [6.07, 6.45) is 0.974. The molecule has 1 aromatic heterocycles. The predicted octanol–water partition coefficient (Wildman–Crippen LogP) is 1.81. The number of ether oxygens (including phenoxy) is 1. The largest absolute Gasteiger partial charge is 0.383 e. The zero-order chi connectivity index (χ0) is 12.7. The third kappa shape index (κ3) is 4.66. The van der Waals surface area contributed by atoms with Crippen LogP contribution in [0.3, 0.4) is 0 Å². The molecule has 0 aliphatic carbocycles. The minimum Gasteiger partial charge on any atom is -0.383 e. The highest BCUT2D eigenvalue weighted by Gasteiger charge is 2.07. The molecule has 1 unspecified atom stereocenters. The summed E-state index contributed by atoms with van der Waals surface area (Å²) < 4.78 is 7.02. The van der Waals surface area contributed by atoms with E-state index < -0.39 is 0 Å². The van der Waals surface area contributed by atoms with E-state index in [9.17, 15) is 0 Å². The highest BCUT2D eigenvalue weighted by molar-refractivity contribution is 6.20. The molecule has 0 fully saturated rings. The highest BCUT2D eigenvalue weighted by Crippen LogP contribution is 2.05. The topological polar surface area (TPSA) is 39.1 Å². The molecule has 1 N–H and O–H groups in total. The van der Waals surface area contributed by atoms with Crippen LogP contribution in [-0.2, 0) is 24.2 Å². The van der Waals surface area contributed by atoms with Gasteiger partial charge in [0.2, 0.25) is 0 Å². The van der Waals surface area contributed by atoms with Gasteiger partial charge < -0.3 is 10.1 Å². The van der Waals surface area contributed by atoms with Crippen LogP contribution in [0.2, 0.25) is 0 Å². The Hall–Kier alpha value is -0.580. The fourth-order valence-electron chi connectivity index (χ4n) is 1.70. The standard InChI is InChI=1S/C12H22ClN3O/c1-4-11-6-12(16(5-2)15-11)8-14-7-10(13)9-17-3/h6,10,14H,4-5,7-9H2,1-3H3. The Morgan fingerprint density at radius 3 is 2.88 bits per heavy atom. The Kier molecular flexibility index (Phi) is 6.55. The zero-order valence-corrected chi connectivity index (χ0v) is 11.6. The van der Waals surface area contributed by atoms with Gasteiger partial charge in [0.1, 0.15) is 0 Å². The van der Waals surface area contributed by atoms with Gasteiger partial charge in [-0.25, -0.2) is 0 Å². The smallest absolute Gasteiger partial charge is 0.0694 e. The second kappa shape index (κ2) is 7.69. The maximum absolute atomic E-state index is 6.04. The third-order valence-corrected chi connectivity index (χ3v) is 2.88. The van der Waals surface area contributed by atoms with Crippen LogP contribution in [0.1, 0.15) is 25.2 Å². The molecule has 17 heavy (non-hydrogen) atoms. The monoisotopic (exact) mass is 259 g/mol. The van der Waals surface area contributed by atoms with E-state index in [-0.39, 0.29) is 5.38 Å². The summed E-state index contributed by atoms with van der Waals surface area (Å²) in [6, 6.07) is 2.15. The van der Waals surface area contributed by atoms with Gasteiger partial charge in [-0.05, 0) is 19.4 Å². The summed E-state index contributed by atoms with van der Waals surface area (Å²) in [6.45, 7) is 7.23. The van der Waals surface area contributed by atoms with Crippen molar-refractivity contribution in [3.05, 3.63) is 17.5 Å². The van der Waals surface area contributed by atoms with Crippen molar-refractivity contribution >= 4 is 11.6 Å². The van der Waals surface area contributed by atoms with E-state index in [0.717, 1.165) is 31.7 Å². The number of methoxy groups -OCH3 is 1. The average Bonchev–Trinajstić information content (AvgIpc) is 2.72. The Labute approximate surface area is 108 Å². The first-order valence-electron chi connectivity index (χ1n) is 6.10. The molecule has 0 spiro atoms. The lowest BCUT2D eigenvalue weighted by molar-refractivity contribution is 0.196. The van der Waals surface area contributed by atoms with Crippen molar-refractivity contribution in [3.63, 3.8) is 0 Å². The quantitative estimate of drug-likeness (QED) is 0.724. The van der Waals surface area contributed by atoms with Crippen LogP contribution >= 0.6 is 11.6 Å².